The molecular weight excluding hydrogens is 276 g/mol. The maximum Gasteiger partial charge on any atom is 0.179 e. The van der Waals surface area contributed by atoms with E-state index in [9.17, 15) is 0 Å². The summed E-state index contributed by atoms with van der Waals surface area (Å²) in [5.41, 5.74) is 3.32. The molecule has 3 aromatic rings. The first kappa shape index (κ1) is 12.8. The summed E-state index contributed by atoms with van der Waals surface area (Å²) >= 11 is 0. The van der Waals surface area contributed by atoms with Crippen molar-refractivity contribution in [3.63, 3.8) is 0 Å². The summed E-state index contributed by atoms with van der Waals surface area (Å²) in [4.78, 5) is 8.60. The van der Waals surface area contributed by atoms with E-state index in [4.69, 9.17) is 4.74 Å². The van der Waals surface area contributed by atoms with Gasteiger partial charge >= 0.3 is 0 Å². The second kappa shape index (κ2) is 5.44. The van der Waals surface area contributed by atoms with Gasteiger partial charge in [-0.2, -0.15) is 5.10 Å². The molecule has 0 bridgehead atoms. The Balaban J connectivity index is 1.61. The number of para-hydroxylation sites is 1. The number of fused-ring (bicyclic) bond motifs is 1. The third-order valence-electron chi connectivity index (χ3n) is 3.58. The van der Waals surface area contributed by atoms with Gasteiger partial charge in [0.2, 0.25) is 0 Å². The molecular formula is C17H14N4O. The predicted octanol–water partition coefficient (Wildman–Crippen LogP) is 2.63. The first-order valence-corrected chi connectivity index (χ1v) is 7.09. The maximum absolute atomic E-state index is 5.68. The third-order valence-corrected chi connectivity index (χ3v) is 3.58. The molecule has 1 aromatic carbocycles. The van der Waals surface area contributed by atoms with Crippen LogP contribution in [0, 0.1) is 0 Å². The van der Waals surface area contributed by atoms with Gasteiger partial charge in [-0.3, -0.25) is 4.99 Å². The van der Waals surface area contributed by atoms with E-state index in [1.165, 1.54) is 0 Å². The van der Waals surface area contributed by atoms with Crippen LogP contribution in [0.25, 0.3) is 5.82 Å². The Morgan fingerprint density at radius 1 is 1.14 bits per heavy atom. The van der Waals surface area contributed by atoms with Crippen LogP contribution in [-0.4, -0.2) is 27.7 Å². The van der Waals surface area contributed by atoms with Crippen LogP contribution in [0.5, 0.6) is 5.75 Å². The highest BCUT2D eigenvalue weighted by atomic mass is 16.5. The summed E-state index contributed by atoms with van der Waals surface area (Å²) in [7, 11) is 0. The van der Waals surface area contributed by atoms with E-state index in [0.29, 0.717) is 6.73 Å². The minimum Gasteiger partial charge on any atom is -0.470 e. The molecule has 0 radical (unpaired) electrons. The maximum atomic E-state index is 5.68. The molecule has 0 spiro atoms. The molecule has 3 heterocycles. The van der Waals surface area contributed by atoms with Gasteiger partial charge in [-0.25, -0.2) is 9.67 Å². The quantitative estimate of drug-likeness (QED) is 0.745. The Morgan fingerprint density at radius 3 is 2.95 bits per heavy atom. The van der Waals surface area contributed by atoms with Crippen LogP contribution in [0.2, 0.25) is 0 Å². The van der Waals surface area contributed by atoms with Gasteiger partial charge in [0, 0.05) is 36.8 Å². The van der Waals surface area contributed by atoms with Crippen LogP contribution in [0.4, 0.5) is 0 Å². The van der Waals surface area contributed by atoms with Crippen molar-refractivity contribution in [3.05, 3.63) is 71.7 Å². The van der Waals surface area contributed by atoms with Gasteiger partial charge in [0.25, 0.3) is 0 Å². The highest BCUT2D eigenvalue weighted by Gasteiger charge is 2.12. The minimum absolute atomic E-state index is 0.389. The van der Waals surface area contributed by atoms with Crippen molar-refractivity contribution in [2.45, 2.75) is 6.42 Å². The second-order valence-corrected chi connectivity index (χ2v) is 5.07. The summed E-state index contributed by atoms with van der Waals surface area (Å²) in [5.74, 6) is 1.74. The molecule has 2 aromatic heterocycles. The fourth-order valence-electron chi connectivity index (χ4n) is 2.54. The Morgan fingerprint density at radius 2 is 2.14 bits per heavy atom. The van der Waals surface area contributed by atoms with E-state index < -0.39 is 0 Å². The first-order chi connectivity index (χ1) is 10.9. The molecule has 0 amide bonds. The van der Waals surface area contributed by atoms with Crippen molar-refractivity contribution in [3.8, 4) is 11.6 Å². The summed E-state index contributed by atoms with van der Waals surface area (Å²) in [6.07, 6.45) is 8.14. The van der Waals surface area contributed by atoms with Gasteiger partial charge < -0.3 is 4.74 Å². The molecule has 1 aliphatic heterocycles. The largest absolute Gasteiger partial charge is 0.470 e. The highest BCUT2D eigenvalue weighted by molar-refractivity contribution is 5.85. The van der Waals surface area contributed by atoms with Gasteiger partial charge in [0.1, 0.15) is 5.75 Å². The van der Waals surface area contributed by atoms with Gasteiger partial charge in [0.15, 0.2) is 12.5 Å². The number of aliphatic imine (C=N–C) groups is 1. The van der Waals surface area contributed by atoms with Crippen LogP contribution < -0.4 is 4.74 Å². The number of rotatable bonds is 3. The number of aromatic nitrogens is 3. The van der Waals surface area contributed by atoms with Gasteiger partial charge in [0.05, 0.1) is 0 Å². The first-order valence-electron chi connectivity index (χ1n) is 7.09. The van der Waals surface area contributed by atoms with Gasteiger partial charge in [-0.05, 0) is 29.3 Å². The summed E-state index contributed by atoms with van der Waals surface area (Å²) in [6.45, 7) is 0.389. The zero-order valence-corrected chi connectivity index (χ0v) is 11.9. The van der Waals surface area contributed by atoms with Crippen LogP contribution in [0.15, 0.2) is 60.0 Å². The normalized spacial score (nSPS) is 12.7. The lowest BCUT2D eigenvalue weighted by atomic mass is 10.0. The lowest BCUT2D eigenvalue weighted by molar-refractivity contribution is 0.323. The smallest absolute Gasteiger partial charge is 0.179 e. The Kier molecular flexibility index (Phi) is 3.16. The van der Waals surface area contributed by atoms with Crippen molar-refractivity contribution >= 4 is 6.21 Å². The van der Waals surface area contributed by atoms with E-state index in [1.54, 1.807) is 10.9 Å². The number of hydrogen-bond acceptors (Lipinski definition) is 4. The summed E-state index contributed by atoms with van der Waals surface area (Å²) in [6, 6.07) is 12.0. The minimum atomic E-state index is 0.389. The van der Waals surface area contributed by atoms with Crippen molar-refractivity contribution in [1.29, 1.82) is 0 Å². The lowest BCUT2D eigenvalue weighted by Gasteiger charge is -2.16. The molecule has 5 heteroatoms. The molecule has 108 valence electrons. The number of nitrogens with zero attached hydrogens (tertiary/aromatic N) is 4. The third kappa shape index (κ3) is 2.37. The average Bonchev–Trinajstić information content (AvgIpc) is 3.10. The van der Waals surface area contributed by atoms with Crippen molar-refractivity contribution in [2.75, 3.05) is 6.73 Å². The SMILES string of the molecule is C1=NCOc2c1cccc2Cc1ccc(-n2cccn2)nc1. The summed E-state index contributed by atoms with van der Waals surface area (Å²) in [5, 5.41) is 4.18. The molecule has 0 saturated carbocycles. The van der Waals surface area contributed by atoms with E-state index in [2.05, 4.69) is 27.2 Å². The number of pyridine rings is 1. The molecule has 5 nitrogen and oxygen atoms in total. The van der Waals surface area contributed by atoms with E-state index in [-0.39, 0.29) is 0 Å². The van der Waals surface area contributed by atoms with Crippen LogP contribution in [-0.2, 0) is 6.42 Å². The zero-order chi connectivity index (χ0) is 14.8. The van der Waals surface area contributed by atoms with E-state index in [0.717, 1.165) is 34.7 Å². The van der Waals surface area contributed by atoms with Crippen molar-refractivity contribution < 1.29 is 4.74 Å². The van der Waals surface area contributed by atoms with Crippen LogP contribution in [0.3, 0.4) is 0 Å². The second-order valence-electron chi connectivity index (χ2n) is 5.07. The fraction of sp³-hybridized carbons (Fsp3) is 0.118. The molecule has 0 unspecified atom stereocenters. The fourth-order valence-corrected chi connectivity index (χ4v) is 2.54. The predicted molar refractivity (Wildman–Crippen MR) is 83.7 cm³/mol. The monoisotopic (exact) mass is 290 g/mol. The van der Waals surface area contributed by atoms with E-state index in [1.807, 2.05) is 42.9 Å². The topological polar surface area (TPSA) is 52.3 Å². The Hall–Kier alpha value is -2.95. The van der Waals surface area contributed by atoms with Crippen LogP contribution >= 0.6 is 0 Å². The highest BCUT2D eigenvalue weighted by Crippen LogP contribution is 2.27. The molecule has 0 saturated heterocycles. The molecule has 0 atom stereocenters. The molecule has 0 fully saturated rings. The van der Waals surface area contributed by atoms with Gasteiger partial charge in [-0.15, -0.1) is 0 Å². The number of ether oxygens (including phenoxy) is 1. The molecule has 1 aliphatic rings. The Bertz CT molecular complexity index is 807. The molecule has 0 N–H and O–H groups in total. The number of benzene rings is 1. The van der Waals surface area contributed by atoms with E-state index >= 15 is 0 Å². The zero-order valence-electron chi connectivity index (χ0n) is 11.9. The lowest BCUT2D eigenvalue weighted by Crippen LogP contribution is -2.07. The molecule has 4 rings (SSSR count). The summed E-state index contributed by atoms with van der Waals surface area (Å²) < 4.78 is 7.42. The van der Waals surface area contributed by atoms with Crippen molar-refractivity contribution in [2.24, 2.45) is 4.99 Å². The Labute approximate surface area is 127 Å². The standard InChI is InChI=1S/C17H14N4O/c1-3-14(17-15(4-1)11-18-12-22-17)9-13-5-6-16(19-10-13)21-8-2-7-20-21/h1-8,10-11H,9,12H2. The average molecular weight is 290 g/mol. The molecule has 22 heavy (non-hydrogen) atoms. The molecule has 0 aliphatic carbocycles. The van der Waals surface area contributed by atoms with Gasteiger partial charge in [-0.1, -0.05) is 18.2 Å². The van der Waals surface area contributed by atoms with Crippen LogP contribution in [0.1, 0.15) is 16.7 Å². The number of hydrogen-bond donors (Lipinski definition) is 0. The van der Waals surface area contributed by atoms with Crippen molar-refractivity contribution in [1.82, 2.24) is 14.8 Å².